The van der Waals surface area contributed by atoms with Gasteiger partial charge in [-0.1, -0.05) is 31.2 Å². The molecule has 112 valence electrons. The number of nitrogens with one attached hydrogen (secondary N) is 1. The van der Waals surface area contributed by atoms with E-state index >= 15 is 0 Å². The molecule has 2 aromatic heterocycles. The zero-order valence-electron chi connectivity index (χ0n) is 12.3. The molecule has 0 aliphatic carbocycles. The zero-order chi connectivity index (χ0) is 15.4. The molecule has 0 saturated heterocycles. The molecule has 0 fully saturated rings. The SMILES string of the molecule is CCc1c(C(=O)NCc2cccs2)cnn1-c1ccccc1. The second-order valence-electron chi connectivity index (χ2n) is 4.87. The van der Waals surface area contributed by atoms with Crippen molar-refractivity contribution in [1.82, 2.24) is 15.1 Å². The summed E-state index contributed by atoms with van der Waals surface area (Å²) in [5, 5.41) is 9.35. The summed E-state index contributed by atoms with van der Waals surface area (Å²) in [6.45, 7) is 2.59. The Morgan fingerprint density at radius 2 is 2.05 bits per heavy atom. The number of rotatable bonds is 5. The Balaban J connectivity index is 1.82. The molecule has 1 aromatic carbocycles. The van der Waals surface area contributed by atoms with Gasteiger partial charge in [-0.2, -0.15) is 5.10 Å². The number of amides is 1. The maximum absolute atomic E-state index is 12.4. The molecule has 1 amide bonds. The van der Waals surface area contributed by atoms with Gasteiger partial charge in [0.15, 0.2) is 0 Å². The van der Waals surface area contributed by atoms with Gasteiger partial charge in [0.05, 0.1) is 29.7 Å². The monoisotopic (exact) mass is 311 g/mol. The summed E-state index contributed by atoms with van der Waals surface area (Å²) in [5.74, 6) is -0.0765. The van der Waals surface area contributed by atoms with Crippen molar-refractivity contribution in [2.45, 2.75) is 19.9 Å². The largest absolute Gasteiger partial charge is 0.347 e. The van der Waals surface area contributed by atoms with Crippen molar-refractivity contribution in [3.05, 3.63) is 70.2 Å². The van der Waals surface area contributed by atoms with Crippen LogP contribution in [0.4, 0.5) is 0 Å². The van der Waals surface area contributed by atoms with Crippen molar-refractivity contribution in [2.24, 2.45) is 0 Å². The predicted octanol–water partition coefficient (Wildman–Crippen LogP) is 3.43. The van der Waals surface area contributed by atoms with Crippen LogP contribution in [-0.2, 0) is 13.0 Å². The summed E-state index contributed by atoms with van der Waals surface area (Å²) in [5.41, 5.74) is 2.54. The Labute approximate surface area is 133 Å². The Morgan fingerprint density at radius 1 is 1.23 bits per heavy atom. The first-order valence-electron chi connectivity index (χ1n) is 7.22. The van der Waals surface area contributed by atoms with E-state index in [9.17, 15) is 4.79 Å². The summed E-state index contributed by atoms with van der Waals surface area (Å²) >= 11 is 1.64. The molecular weight excluding hydrogens is 294 g/mol. The van der Waals surface area contributed by atoms with Gasteiger partial charge in [-0.05, 0) is 30.0 Å². The lowest BCUT2D eigenvalue weighted by atomic mass is 10.2. The van der Waals surface area contributed by atoms with Crippen molar-refractivity contribution in [3.8, 4) is 5.69 Å². The Hall–Kier alpha value is -2.40. The molecule has 1 N–H and O–H groups in total. The van der Waals surface area contributed by atoms with Crippen LogP contribution in [0.15, 0.2) is 54.0 Å². The van der Waals surface area contributed by atoms with Crippen molar-refractivity contribution in [2.75, 3.05) is 0 Å². The van der Waals surface area contributed by atoms with E-state index in [0.29, 0.717) is 12.1 Å². The third-order valence-electron chi connectivity index (χ3n) is 3.45. The van der Waals surface area contributed by atoms with E-state index in [1.165, 1.54) is 0 Å². The van der Waals surface area contributed by atoms with Crippen molar-refractivity contribution < 1.29 is 4.79 Å². The topological polar surface area (TPSA) is 46.9 Å². The number of hydrogen-bond acceptors (Lipinski definition) is 3. The number of nitrogens with zero attached hydrogens (tertiary/aromatic N) is 2. The van der Waals surface area contributed by atoms with Gasteiger partial charge < -0.3 is 5.32 Å². The maximum atomic E-state index is 12.4. The van der Waals surface area contributed by atoms with Gasteiger partial charge in [0.2, 0.25) is 0 Å². The van der Waals surface area contributed by atoms with E-state index in [0.717, 1.165) is 22.7 Å². The van der Waals surface area contributed by atoms with Gasteiger partial charge >= 0.3 is 0 Å². The van der Waals surface area contributed by atoms with Crippen LogP contribution in [0.3, 0.4) is 0 Å². The third-order valence-corrected chi connectivity index (χ3v) is 4.33. The van der Waals surface area contributed by atoms with E-state index in [1.54, 1.807) is 17.5 Å². The highest BCUT2D eigenvalue weighted by Crippen LogP contribution is 2.16. The second kappa shape index (κ2) is 6.58. The molecule has 22 heavy (non-hydrogen) atoms. The van der Waals surface area contributed by atoms with Gasteiger partial charge in [0.1, 0.15) is 0 Å². The van der Waals surface area contributed by atoms with Crippen molar-refractivity contribution in [1.29, 1.82) is 0 Å². The van der Waals surface area contributed by atoms with Crippen LogP contribution in [0.25, 0.3) is 5.69 Å². The van der Waals surface area contributed by atoms with Crippen LogP contribution in [-0.4, -0.2) is 15.7 Å². The van der Waals surface area contributed by atoms with Crippen molar-refractivity contribution >= 4 is 17.2 Å². The van der Waals surface area contributed by atoms with Gasteiger partial charge in [-0.3, -0.25) is 4.79 Å². The number of para-hydroxylation sites is 1. The molecular formula is C17H17N3OS. The van der Waals surface area contributed by atoms with Crippen LogP contribution in [0.1, 0.15) is 27.9 Å². The van der Waals surface area contributed by atoms with Gasteiger partial charge in [-0.25, -0.2) is 4.68 Å². The average Bonchev–Trinajstić information content (AvgIpc) is 3.22. The van der Waals surface area contributed by atoms with E-state index in [2.05, 4.69) is 10.4 Å². The fourth-order valence-electron chi connectivity index (χ4n) is 2.37. The first-order chi connectivity index (χ1) is 10.8. The molecule has 0 radical (unpaired) electrons. The summed E-state index contributed by atoms with van der Waals surface area (Å²) in [6, 6.07) is 13.9. The molecule has 0 spiro atoms. The predicted molar refractivity (Wildman–Crippen MR) is 88.4 cm³/mol. The fourth-order valence-corrected chi connectivity index (χ4v) is 3.02. The maximum Gasteiger partial charge on any atom is 0.255 e. The van der Waals surface area contributed by atoms with E-state index in [1.807, 2.05) is 59.5 Å². The minimum atomic E-state index is -0.0765. The number of aromatic nitrogens is 2. The van der Waals surface area contributed by atoms with Crippen LogP contribution in [0.5, 0.6) is 0 Å². The number of carbonyl (C=O) groups is 1. The smallest absolute Gasteiger partial charge is 0.255 e. The Bertz CT molecular complexity index is 748. The molecule has 0 unspecified atom stereocenters. The minimum Gasteiger partial charge on any atom is -0.347 e. The lowest BCUT2D eigenvalue weighted by molar-refractivity contribution is 0.0950. The summed E-state index contributed by atoms with van der Waals surface area (Å²) in [7, 11) is 0. The molecule has 2 heterocycles. The minimum absolute atomic E-state index is 0.0765. The number of hydrogen-bond donors (Lipinski definition) is 1. The van der Waals surface area contributed by atoms with Gasteiger partial charge in [0, 0.05) is 4.88 Å². The van der Waals surface area contributed by atoms with Crippen LogP contribution < -0.4 is 5.32 Å². The molecule has 4 nitrogen and oxygen atoms in total. The molecule has 0 bridgehead atoms. The van der Waals surface area contributed by atoms with Crippen LogP contribution in [0, 0.1) is 0 Å². The lowest BCUT2D eigenvalue weighted by Gasteiger charge is -2.08. The molecule has 3 aromatic rings. The zero-order valence-corrected chi connectivity index (χ0v) is 13.1. The quantitative estimate of drug-likeness (QED) is 0.785. The third kappa shape index (κ3) is 2.94. The number of benzene rings is 1. The Kier molecular flexibility index (Phi) is 4.34. The van der Waals surface area contributed by atoms with Crippen LogP contribution in [0.2, 0.25) is 0 Å². The van der Waals surface area contributed by atoms with Crippen molar-refractivity contribution in [3.63, 3.8) is 0 Å². The second-order valence-corrected chi connectivity index (χ2v) is 5.90. The molecule has 0 saturated carbocycles. The normalized spacial score (nSPS) is 10.6. The summed E-state index contributed by atoms with van der Waals surface area (Å²) in [6.07, 6.45) is 2.40. The highest BCUT2D eigenvalue weighted by Gasteiger charge is 2.16. The lowest BCUT2D eigenvalue weighted by Crippen LogP contribution is -2.23. The summed E-state index contributed by atoms with van der Waals surface area (Å²) in [4.78, 5) is 13.5. The molecule has 0 atom stereocenters. The van der Waals surface area contributed by atoms with E-state index < -0.39 is 0 Å². The standard InChI is InChI=1S/C17H17N3OS/c1-2-16-15(17(21)18-11-14-9-6-10-22-14)12-19-20(16)13-7-4-3-5-8-13/h3-10,12H,2,11H2,1H3,(H,18,21). The van der Waals surface area contributed by atoms with E-state index in [4.69, 9.17) is 0 Å². The Morgan fingerprint density at radius 3 is 2.73 bits per heavy atom. The fraction of sp³-hybridized carbons (Fsp3) is 0.176. The van der Waals surface area contributed by atoms with Crippen LogP contribution >= 0.6 is 11.3 Å². The number of carbonyl (C=O) groups excluding carboxylic acids is 1. The molecule has 5 heteroatoms. The molecule has 3 rings (SSSR count). The average molecular weight is 311 g/mol. The first-order valence-corrected chi connectivity index (χ1v) is 8.10. The number of thiophene rings is 1. The summed E-state index contributed by atoms with van der Waals surface area (Å²) < 4.78 is 1.83. The molecule has 0 aliphatic rings. The van der Waals surface area contributed by atoms with Gasteiger partial charge in [-0.15, -0.1) is 11.3 Å². The molecule has 0 aliphatic heterocycles. The highest BCUT2D eigenvalue weighted by molar-refractivity contribution is 7.09. The first kappa shape index (κ1) is 14.5. The van der Waals surface area contributed by atoms with Gasteiger partial charge in [0.25, 0.3) is 5.91 Å². The van der Waals surface area contributed by atoms with E-state index in [-0.39, 0.29) is 5.91 Å². The highest BCUT2D eigenvalue weighted by atomic mass is 32.1.